The number of halogens is 1. The summed E-state index contributed by atoms with van der Waals surface area (Å²) in [5.74, 6) is -0.965. The van der Waals surface area contributed by atoms with Gasteiger partial charge in [-0.3, -0.25) is 19.8 Å². The van der Waals surface area contributed by atoms with E-state index in [1.54, 1.807) is 18.2 Å². The molecule has 30 heavy (non-hydrogen) atoms. The maximum Gasteiger partial charge on any atom is 0.270 e. The summed E-state index contributed by atoms with van der Waals surface area (Å²) < 4.78 is 1.88. The Morgan fingerprint density at radius 2 is 1.77 bits per heavy atom. The van der Waals surface area contributed by atoms with E-state index < -0.39 is 11.8 Å². The molecular formula is C23H18ClN3O2S. The first-order valence-electron chi connectivity index (χ1n) is 9.42. The van der Waals surface area contributed by atoms with Crippen molar-refractivity contribution in [2.24, 2.45) is 0 Å². The molecule has 150 valence electrons. The molecule has 0 atom stereocenters. The van der Waals surface area contributed by atoms with Crippen LogP contribution < -0.4 is 10.2 Å². The number of aryl methyl sites for hydroxylation is 1. The van der Waals surface area contributed by atoms with Crippen molar-refractivity contribution in [2.75, 3.05) is 4.90 Å². The molecule has 2 heterocycles. The summed E-state index contributed by atoms with van der Waals surface area (Å²) in [6, 6.07) is 18.5. The third kappa shape index (κ3) is 3.67. The van der Waals surface area contributed by atoms with Crippen LogP contribution in [-0.4, -0.2) is 21.5 Å². The molecule has 4 rings (SSSR count). The Balaban J connectivity index is 1.76. The van der Waals surface area contributed by atoms with Gasteiger partial charge < -0.3 is 4.57 Å². The number of benzene rings is 2. The molecular weight excluding hydrogens is 418 g/mol. The summed E-state index contributed by atoms with van der Waals surface area (Å²) in [6.45, 7) is 2.00. The zero-order valence-corrected chi connectivity index (χ0v) is 17.7. The van der Waals surface area contributed by atoms with Crippen molar-refractivity contribution in [1.29, 1.82) is 0 Å². The minimum Gasteiger partial charge on any atom is -0.317 e. The number of hydrogen-bond donors (Lipinski definition) is 1. The van der Waals surface area contributed by atoms with Crippen molar-refractivity contribution in [3.8, 4) is 5.69 Å². The van der Waals surface area contributed by atoms with Gasteiger partial charge in [0.05, 0.1) is 5.69 Å². The molecule has 0 radical (unpaired) electrons. The number of nitrogens with zero attached hydrogens (tertiary/aromatic N) is 2. The average Bonchev–Trinajstić information content (AvgIpc) is 3.20. The fourth-order valence-corrected chi connectivity index (χ4v) is 3.80. The second kappa shape index (κ2) is 8.26. The molecule has 0 bridgehead atoms. The summed E-state index contributed by atoms with van der Waals surface area (Å²) in [7, 11) is 0. The second-order valence-corrected chi connectivity index (χ2v) is 7.54. The van der Waals surface area contributed by atoms with Crippen molar-refractivity contribution in [3.63, 3.8) is 0 Å². The van der Waals surface area contributed by atoms with E-state index in [9.17, 15) is 9.59 Å². The van der Waals surface area contributed by atoms with Gasteiger partial charge in [0, 0.05) is 22.6 Å². The Kier molecular flexibility index (Phi) is 5.53. The highest BCUT2D eigenvalue weighted by molar-refractivity contribution is 7.80. The topological polar surface area (TPSA) is 54.3 Å². The molecule has 5 nitrogen and oxygen atoms in total. The summed E-state index contributed by atoms with van der Waals surface area (Å²) in [4.78, 5) is 27.3. The van der Waals surface area contributed by atoms with Crippen molar-refractivity contribution < 1.29 is 9.59 Å². The first-order valence-corrected chi connectivity index (χ1v) is 10.2. The Morgan fingerprint density at radius 3 is 2.50 bits per heavy atom. The van der Waals surface area contributed by atoms with Crippen LogP contribution in [-0.2, 0) is 16.0 Å². The third-order valence-electron chi connectivity index (χ3n) is 4.89. The number of aromatic nitrogens is 1. The van der Waals surface area contributed by atoms with Crippen molar-refractivity contribution >= 4 is 52.5 Å². The standard InChI is InChI=1S/C23H18ClN3O2S/c1-2-15-6-3-4-8-20(15)27-22(29)19(21(28)25-23(27)30)14-18-7-5-13-26(18)17-11-9-16(24)10-12-17/h3-14H,2H2,1H3,(H,25,28,30). The van der Waals surface area contributed by atoms with Gasteiger partial charge in [-0.1, -0.05) is 36.7 Å². The number of nitrogens with one attached hydrogen (secondary N) is 1. The van der Waals surface area contributed by atoms with Crippen LogP contribution in [0.1, 0.15) is 18.2 Å². The lowest BCUT2D eigenvalue weighted by Gasteiger charge is -2.30. The molecule has 0 spiro atoms. The van der Waals surface area contributed by atoms with Crippen LogP contribution in [0.25, 0.3) is 11.8 Å². The van der Waals surface area contributed by atoms with Gasteiger partial charge in [-0.25, -0.2) is 0 Å². The van der Waals surface area contributed by atoms with Gasteiger partial charge in [0.2, 0.25) is 0 Å². The number of rotatable bonds is 4. The lowest BCUT2D eigenvalue weighted by molar-refractivity contribution is -0.122. The van der Waals surface area contributed by atoms with Crippen LogP contribution in [0, 0.1) is 0 Å². The molecule has 1 saturated heterocycles. The van der Waals surface area contributed by atoms with Gasteiger partial charge in [-0.05, 0) is 72.7 Å². The van der Waals surface area contributed by atoms with E-state index in [1.807, 2.05) is 66.2 Å². The van der Waals surface area contributed by atoms with E-state index in [4.69, 9.17) is 23.8 Å². The van der Waals surface area contributed by atoms with E-state index in [0.29, 0.717) is 16.4 Å². The summed E-state index contributed by atoms with van der Waals surface area (Å²) in [5, 5.41) is 3.35. The zero-order chi connectivity index (χ0) is 21.3. The number of para-hydroxylation sites is 1. The molecule has 2 aromatic carbocycles. The maximum absolute atomic E-state index is 13.3. The second-order valence-electron chi connectivity index (χ2n) is 6.72. The summed E-state index contributed by atoms with van der Waals surface area (Å²) >= 11 is 11.3. The first-order chi connectivity index (χ1) is 14.5. The lowest BCUT2D eigenvalue weighted by Crippen LogP contribution is -2.54. The monoisotopic (exact) mass is 435 g/mol. The van der Waals surface area contributed by atoms with Gasteiger partial charge in [0.25, 0.3) is 11.8 Å². The van der Waals surface area contributed by atoms with Gasteiger partial charge in [-0.2, -0.15) is 0 Å². The van der Waals surface area contributed by atoms with Gasteiger partial charge in [-0.15, -0.1) is 0 Å². The molecule has 1 aromatic heterocycles. The first kappa shape index (κ1) is 20.1. The molecule has 1 aliphatic heterocycles. The highest BCUT2D eigenvalue weighted by atomic mass is 35.5. The van der Waals surface area contributed by atoms with Crippen LogP contribution in [0.15, 0.2) is 72.4 Å². The molecule has 1 fully saturated rings. The number of amides is 2. The number of carbonyl (C=O) groups is 2. The van der Waals surface area contributed by atoms with E-state index in [-0.39, 0.29) is 10.7 Å². The summed E-state index contributed by atoms with van der Waals surface area (Å²) in [6.07, 6.45) is 4.17. The Labute approximate surface area is 184 Å². The van der Waals surface area contributed by atoms with Crippen molar-refractivity contribution in [2.45, 2.75) is 13.3 Å². The van der Waals surface area contributed by atoms with Crippen LogP contribution >= 0.6 is 23.8 Å². The maximum atomic E-state index is 13.3. The van der Waals surface area contributed by atoms with Crippen molar-refractivity contribution in [1.82, 2.24) is 9.88 Å². The fourth-order valence-electron chi connectivity index (χ4n) is 3.40. The number of hydrogen-bond acceptors (Lipinski definition) is 3. The Morgan fingerprint density at radius 1 is 1.03 bits per heavy atom. The minimum atomic E-state index is -0.515. The lowest BCUT2D eigenvalue weighted by atomic mass is 10.1. The van der Waals surface area contributed by atoms with Crippen LogP contribution in [0.3, 0.4) is 0 Å². The van der Waals surface area contributed by atoms with E-state index in [1.165, 1.54) is 4.90 Å². The molecule has 0 unspecified atom stereocenters. The fraction of sp³-hybridized carbons (Fsp3) is 0.0870. The number of carbonyl (C=O) groups excluding carboxylic acids is 2. The molecule has 7 heteroatoms. The normalized spacial score (nSPS) is 15.6. The molecule has 1 N–H and O–H groups in total. The minimum absolute atomic E-state index is 0.0171. The number of anilines is 1. The van der Waals surface area contributed by atoms with Gasteiger partial charge in [0.15, 0.2) is 5.11 Å². The van der Waals surface area contributed by atoms with Crippen LogP contribution in [0.5, 0.6) is 0 Å². The largest absolute Gasteiger partial charge is 0.317 e. The highest BCUT2D eigenvalue weighted by Crippen LogP contribution is 2.26. The predicted molar refractivity (Wildman–Crippen MR) is 123 cm³/mol. The molecule has 0 saturated carbocycles. The van der Waals surface area contributed by atoms with E-state index in [2.05, 4.69) is 5.32 Å². The number of thiocarbonyl (C=S) groups is 1. The smallest absolute Gasteiger partial charge is 0.270 e. The molecule has 0 aliphatic carbocycles. The predicted octanol–water partition coefficient (Wildman–Crippen LogP) is 4.52. The SMILES string of the molecule is CCc1ccccc1N1C(=O)C(=Cc2cccn2-c2ccc(Cl)cc2)C(=O)NC1=S. The van der Waals surface area contributed by atoms with Gasteiger partial charge in [0.1, 0.15) is 5.57 Å². The van der Waals surface area contributed by atoms with Crippen LogP contribution in [0.4, 0.5) is 5.69 Å². The van der Waals surface area contributed by atoms with Gasteiger partial charge >= 0.3 is 0 Å². The third-order valence-corrected chi connectivity index (χ3v) is 5.43. The zero-order valence-electron chi connectivity index (χ0n) is 16.1. The van der Waals surface area contributed by atoms with E-state index in [0.717, 1.165) is 17.7 Å². The molecule has 2 amide bonds. The summed E-state index contributed by atoms with van der Waals surface area (Å²) in [5.41, 5.74) is 3.21. The quantitative estimate of drug-likeness (QED) is 0.372. The average molecular weight is 436 g/mol. The highest BCUT2D eigenvalue weighted by Gasteiger charge is 2.35. The molecule has 1 aliphatic rings. The Hall–Kier alpha value is -3.22. The van der Waals surface area contributed by atoms with Crippen molar-refractivity contribution in [3.05, 3.63) is 88.7 Å². The van der Waals surface area contributed by atoms with E-state index >= 15 is 0 Å². The van der Waals surface area contributed by atoms with Crippen LogP contribution in [0.2, 0.25) is 5.02 Å². The Bertz CT molecular complexity index is 1180. The molecule has 3 aromatic rings.